The summed E-state index contributed by atoms with van der Waals surface area (Å²) < 4.78 is 2.19. The highest BCUT2D eigenvalue weighted by molar-refractivity contribution is 7.17. The molecule has 0 radical (unpaired) electrons. The van der Waals surface area contributed by atoms with E-state index in [1.165, 1.54) is 21.8 Å². The fourth-order valence-corrected chi connectivity index (χ4v) is 3.33. The minimum absolute atomic E-state index is 1.04. The minimum atomic E-state index is 1.04. The van der Waals surface area contributed by atoms with Gasteiger partial charge >= 0.3 is 0 Å². The van der Waals surface area contributed by atoms with Crippen molar-refractivity contribution in [3.8, 4) is 11.3 Å². The maximum Gasteiger partial charge on any atom is 0.194 e. The summed E-state index contributed by atoms with van der Waals surface area (Å²) in [6, 6.07) is 8.70. The number of imidazole rings is 1. The molecule has 0 amide bonds. The normalized spacial score (nSPS) is 11.1. The van der Waals surface area contributed by atoms with Crippen LogP contribution in [0, 0.1) is 0 Å². The first-order valence-corrected chi connectivity index (χ1v) is 7.25. The monoisotopic (exact) mass is 271 g/mol. The molecule has 3 nitrogen and oxygen atoms in total. The van der Waals surface area contributed by atoms with Gasteiger partial charge in [-0.05, 0) is 24.1 Å². The highest BCUT2D eigenvalue weighted by atomic mass is 32.1. The predicted octanol–water partition coefficient (Wildman–Crippen LogP) is 3.69. The van der Waals surface area contributed by atoms with Gasteiger partial charge in [0, 0.05) is 37.1 Å². The third-order valence-electron chi connectivity index (χ3n) is 3.30. The van der Waals surface area contributed by atoms with Crippen molar-refractivity contribution in [3.05, 3.63) is 41.5 Å². The van der Waals surface area contributed by atoms with Crippen LogP contribution in [-0.4, -0.2) is 23.5 Å². The fourth-order valence-electron chi connectivity index (χ4n) is 2.29. The van der Waals surface area contributed by atoms with Gasteiger partial charge in [0.25, 0.3) is 0 Å². The molecule has 19 heavy (non-hydrogen) atoms. The minimum Gasteiger partial charge on any atom is -0.378 e. The van der Waals surface area contributed by atoms with E-state index in [1.807, 2.05) is 12.4 Å². The van der Waals surface area contributed by atoms with Crippen LogP contribution in [0.3, 0.4) is 0 Å². The van der Waals surface area contributed by atoms with Crippen LogP contribution in [0.15, 0.2) is 36.7 Å². The molecule has 0 bridgehead atoms. The number of benzene rings is 1. The summed E-state index contributed by atoms with van der Waals surface area (Å²) in [7, 11) is 4.12. The zero-order chi connectivity index (χ0) is 13.4. The molecule has 0 spiro atoms. The second-order valence-corrected chi connectivity index (χ2v) is 5.81. The van der Waals surface area contributed by atoms with Crippen LogP contribution >= 0.6 is 11.3 Å². The Morgan fingerprint density at radius 3 is 2.58 bits per heavy atom. The Balaban J connectivity index is 2.14. The number of thiazole rings is 1. The quantitative estimate of drug-likeness (QED) is 0.724. The number of rotatable bonds is 3. The number of hydrogen-bond acceptors (Lipinski definition) is 3. The molecule has 4 heteroatoms. The Morgan fingerprint density at radius 1 is 1.21 bits per heavy atom. The van der Waals surface area contributed by atoms with Gasteiger partial charge in [0.2, 0.25) is 0 Å². The second kappa shape index (κ2) is 4.70. The summed E-state index contributed by atoms with van der Waals surface area (Å²) in [5, 5.41) is 0. The van der Waals surface area contributed by atoms with E-state index >= 15 is 0 Å². The predicted molar refractivity (Wildman–Crippen MR) is 82.2 cm³/mol. The van der Waals surface area contributed by atoms with E-state index in [-0.39, 0.29) is 0 Å². The van der Waals surface area contributed by atoms with Crippen molar-refractivity contribution in [2.45, 2.75) is 13.3 Å². The van der Waals surface area contributed by atoms with Gasteiger partial charge in [-0.25, -0.2) is 4.98 Å². The molecular weight excluding hydrogens is 254 g/mol. The first-order chi connectivity index (χ1) is 9.20. The van der Waals surface area contributed by atoms with E-state index in [1.54, 1.807) is 11.3 Å². The average molecular weight is 271 g/mol. The van der Waals surface area contributed by atoms with Crippen LogP contribution < -0.4 is 4.90 Å². The summed E-state index contributed by atoms with van der Waals surface area (Å²) in [4.78, 5) is 8.97. The lowest BCUT2D eigenvalue weighted by Crippen LogP contribution is -2.08. The van der Waals surface area contributed by atoms with Gasteiger partial charge in [0.1, 0.15) is 0 Å². The second-order valence-electron chi connectivity index (χ2n) is 4.75. The van der Waals surface area contributed by atoms with Gasteiger partial charge < -0.3 is 4.90 Å². The van der Waals surface area contributed by atoms with Gasteiger partial charge in [-0.15, -0.1) is 11.3 Å². The number of fused-ring (bicyclic) bond motifs is 1. The summed E-state index contributed by atoms with van der Waals surface area (Å²) >= 11 is 1.78. The fraction of sp³-hybridized carbons (Fsp3) is 0.267. The molecule has 0 aliphatic heterocycles. The first-order valence-electron chi connectivity index (χ1n) is 6.43. The average Bonchev–Trinajstić information content (AvgIpc) is 2.98. The maximum atomic E-state index is 4.39. The van der Waals surface area contributed by atoms with Crippen LogP contribution in [0.1, 0.15) is 11.8 Å². The third-order valence-corrected chi connectivity index (χ3v) is 4.52. The number of anilines is 1. The molecule has 3 rings (SSSR count). The lowest BCUT2D eigenvalue weighted by molar-refractivity contribution is 1.12. The molecule has 0 fully saturated rings. The smallest absolute Gasteiger partial charge is 0.194 e. The van der Waals surface area contributed by atoms with Crippen molar-refractivity contribution < 1.29 is 0 Å². The van der Waals surface area contributed by atoms with Crippen LogP contribution in [-0.2, 0) is 6.42 Å². The van der Waals surface area contributed by atoms with E-state index in [4.69, 9.17) is 0 Å². The van der Waals surface area contributed by atoms with E-state index in [0.717, 1.165) is 11.4 Å². The third kappa shape index (κ3) is 2.02. The molecule has 0 saturated carbocycles. The van der Waals surface area contributed by atoms with Gasteiger partial charge in [0.05, 0.1) is 5.69 Å². The number of nitrogens with zero attached hydrogens (tertiary/aromatic N) is 3. The van der Waals surface area contributed by atoms with Gasteiger partial charge in [-0.1, -0.05) is 19.1 Å². The van der Waals surface area contributed by atoms with Gasteiger partial charge in [-0.2, -0.15) is 0 Å². The topological polar surface area (TPSA) is 20.5 Å². The van der Waals surface area contributed by atoms with Crippen LogP contribution in [0.2, 0.25) is 0 Å². The van der Waals surface area contributed by atoms with E-state index < -0.39 is 0 Å². The highest BCUT2D eigenvalue weighted by Crippen LogP contribution is 2.32. The SMILES string of the molecule is CCc1sc2nccn2c1-c1ccc(N(C)C)cc1. The van der Waals surface area contributed by atoms with Crippen LogP contribution in [0.4, 0.5) is 5.69 Å². The standard InChI is InChI=1S/C15H17N3S/c1-4-13-14(18-10-9-16-15(18)19-13)11-5-7-12(8-6-11)17(2)3/h5-10H,4H2,1-3H3. The summed E-state index contributed by atoms with van der Waals surface area (Å²) in [6.45, 7) is 2.20. The zero-order valence-electron chi connectivity index (χ0n) is 11.4. The lowest BCUT2D eigenvalue weighted by atomic mass is 10.1. The van der Waals surface area contributed by atoms with Gasteiger partial charge in [0.15, 0.2) is 4.96 Å². The van der Waals surface area contributed by atoms with E-state index in [9.17, 15) is 0 Å². The molecule has 2 aromatic heterocycles. The molecule has 0 aliphatic rings. The molecule has 0 aliphatic carbocycles. The largest absolute Gasteiger partial charge is 0.378 e. The summed E-state index contributed by atoms with van der Waals surface area (Å²) in [5.41, 5.74) is 3.76. The van der Waals surface area contributed by atoms with Crippen molar-refractivity contribution in [1.29, 1.82) is 0 Å². The molecule has 1 aromatic carbocycles. The highest BCUT2D eigenvalue weighted by Gasteiger charge is 2.13. The van der Waals surface area contributed by atoms with E-state index in [0.29, 0.717) is 0 Å². The molecule has 0 atom stereocenters. The van der Waals surface area contributed by atoms with Crippen molar-refractivity contribution >= 4 is 22.0 Å². The van der Waals surface area contributed by atoms with Crippen molar-refractivity contribution in [3.63, 3.8) is 0 Å². The molecule has 98 valence electrons. The Morgan fingerprint density at radius 2 is 1.95 bits per heavy atom. The van der Waals surface area contributed by atoms with E-state index in [2.05, 4.69) is 59.6 Å². The number of aryl methyl sites for hydroxylation is 1. The molecule has 0 saturated heterocycles. The number of hydrogen-bond donors (Lipinski definition) is 0. The molecular formula is C15H17N3S. The molecule has 0 N–H and O–H groups in total. The number of aromatic nitrogens is 2. The Labute approximate surface area is 117 Å². The zero-order valence-corrected chi connectivity index (χ0v) is 12.2. The Kier molecular flexibility index (Phi) is 3.03. The first kappa shape index (κ1) is 12.2. The van der Waals surface area contributed by atoms with Gasteiger partial charge in [-0.3, -0.25) is 4.40 Å². The molecule has 3 aromatic rings. The molecule has 0 unspecified atom stereocenters. The molecule has 2 heterocycles. The van der Waals surface area contributed by atoms with Crippen molar-refractivity contribution in [2.24, 2.45) is 0 Å². The summed E-state index contributed by atoms with van der Waals surface area (Å²) in [6.07, 6.45) is 4.95. The van der Waals surface area contributed by atoms with Crippen molar-refractivity contribution in [1.82, 2.24) is 9.38 Å². The van der Waals surface area contributed by atoms with Crippen LogP contribution in [0.5, 0.6) is 0 Å². The lowest BCUT2D eigenvalue weighted by Gasteiger charge is -2.13. The Bertz CT molecular complexity index is 692. The summed E-state index contributed by atoms with van der Waals surface area (Å²) in [5.74, 6) is 0. The van der Waals surface area contributed by atoms with Crippen LogP contribution in [0.25, 0.3) is 16.2 Å². The van der Waals surface area contributed by atoms with Crippen molar-refractivity contribution in [2.75, 3.05) is 19.0 Å². The maximum absolute atomic E-state index is 4.39. The Hall–Kier alpha value is -1.81.